The number of ether oxygens (including phenoxy) is 1. The Hall–Kier alpha value is -0.900. The Bertz CT molecular complexity index is 340. The molecule has 0 bridgehead atoms. The highest BCUT2D eigenvalue weighted by Gasteiger charge is 2.24. The van der Waals surface area contributed by atoms with Crippen molar-refractivity contribution in [3.63, 3.8) is 0 Å². The number of hydrogen-bond donors (Lipinski definition) is 2. The van der Waals surface area contributed by atoms with E-state index in [4.69, 9.17) is 10.6 Å². The molecule has 3 atom stereocenters. The van der Waals surface area contributed by atoms with Crippen LogP contribution < -0.4 is 11.3 Å². The van der Waals surface area contributed by atoms with Crippen molar-refractivity contribution in [2.24, 2.45) is 17.7 Å². The smallest absolute Gasteiger partial charge is 0.0987 e. The Balaban J connectivity index is 2.71. The summed E-state index contributed by atoms with van der Waals surface area (Å²) in [6.07, 6.45) is 2.23. The van der Waals surface area contributed by atoms with Crippen molar-refractivity contribution in [1.29, 1.82) is 0 Å². The minimum Gasteiger partial charge on any atom is -0.375 e. The minimum absolute atomic E-state index is 0.000752. The maximum absolute atomic E-state index is 5.74. The molecule has 0 aromatic heterocycles. The fourth-order valence-corrected chi connectivity index (χ4v) is 2.79. The monoisotopic (exact) mass is 264 g/mol. The summed E-state index contributed by atoms with van der Waals surface area (Å²) >= 11 is 0. The lowest BCUT2D eigenvalue weighted by atomic mass is 9.89. The molecule has 0 aliphatic heterocycles. The highest BCUT2D eigenvalue weighted by molar-refractivity contribution is 5.19. The highest BCUT2D eigenvalue weighted by atomic mass is 16.5. The molecule has 3 heteroatoms. The standard InChI is InChI=1S/C16H28N2O/c1-12(2)10-13(3)11-15(18-17)16(19-4)14-8-6-5-7-9-14/h5-9,12-13,15-16,18H,10-11,17H2,1-4H3. The van der Waals surface area contributed by atoms with Crippen LogP contribution >= 0.6 is 0 Å². The van der Waals surface area contributed by atoms with Gasteiger partial charge in [-0.15, -0.1) is 0 Å². The summed E-state index contributed by atoms with van der Waals surface area (Å²) in [6, 6.07) is 10.4. The van der Waals surface area contributed by atoms with Gasteiger partial charge in [0.2, 0.25) is 0 Å². The summed E-state index contributed by atoms with van der Waals surface area (Å²) in [5, 5.41) is 0. The molecule has 108 valence electrons. The number of benzene rings is 1. The number of methoxy groups -OCH3 is 1. The quantitative estimate of drug-likeness (QED) is 0.559. The van der Waals surface area contributed by atoms with Crippen molar-refractivity contribution < 1.29 is 4.74 Å². The number of nitrogens with two attached hydrogens (primary N) is 1. The van der Waals surface area contributed by atoms with Crippen LogP contribution in [-0.4, -0.2) is 13.2 Å². The Morgan fingerprint density at radius 3 is 2.21 bits per heavy atom. The van der Waals surface area contributed by atoms with Gasteiger partial charge in [-0.05, 0) is 30.2 Å². The van der Waals surface area contributed by atoms with Crippen LogP contribution in [0.3, 0.4) is 0 Å². The lowest BCUT2D eigenvalue weighted by Crippen LogP contribution is -2.41. The van der Waals surface area contributed by atoms with Gasteiger partial charge in [0.1, 0.15) is 0 Å². The van der Waals surface area contributed by atoms with E-state index in [1.54, 1.807) is 7.11 Å². The van der Waals surface area contributed by atoms with Gasteiger partial charge in [-0.25, -0.2) is 0 Å². The van der Waals surface area contributed by atoms with Gasteiger partial charge in [-0.1, -0.05) is 51.1 Å². The number of hydrogen-bond acceptors (Lipinski definition) is 3. The predicted molar refractivity (Wildman–Crippen MR) is 80.5 cm³/mol. The van der Waals surface area contributed by atoms with Gasteiger partial charge in [0, 0.05) is 7.11 Å². The van der Waals surface area contributed by atoms with Gasteiger partial charge in [0.25, 0.3) is 0 Å². The van der Waals surface area contributed by atoms with Crippen molar-refractivity contribution in [3.05, 3.63) is 35.9 Å². The van der Waals surface area contributed by atoms with Gasteiger partial charge < -0.3 is 4.74 Å². The molecule has 0 saturated heterocycles. The average Bonchev–Trinajstić information content (AvgIpc) is 2.38. The largest absolute Gasteiger partial charge is 0.375 e. The van der Waals surface area contributed by atoms with Crippen LogP contribution in [0, 0.1) is 11.8 Å². The molecule has 0 amide bonds. The molecule has 3 nitrogen and oxygen atoms in total. The first-order valence-corrected chi connectivity index (χ1v) is 7.12. The Labute approximate surface area is 117 Å². The van der Waals surface area contributed by atoms with Crippen molar-refractivity contribution >= 4 is 0 Å². The second kappa shape index (κ2) is 8.31. The summed E-state index contributed by atoms with van der Waals surface area (Å²) in [4.78, 5) is 0. The van der Waals surface area contributed by atoms with Crippen molar-refractivity contribution in [3.8, 4) is 0 Å². The van der Waals surface area contributed by atoms with Crippen LogP contribution in [0.15, 0.2) is 30.3 Å². The summed E-state index contributed by atoms with van der Waals surface area (Å²) in [7, 11) is 1.75. The van der Waals surface area contributed by atoms with Crippen LogP contribution in [0.5, 0.6) is 0 Å². The molecule has 3 N–H and O–H groups in total. The first-order valence-electron chi connectivity index (χ1n) is 7.12. The fraction of sp³-hybridized carbons (Fsp3) is 0.625. The summed E-state index contributed by atoms with van der Waals surface area (Å²) < 4.78 is 5.65. The SMILES string of the molecule is COC(c1ccccc1)C(CC(C)CC(C)C)NN. The third-order valence-electron chi connectivity index (χ3n) is 3.49. The molecular formula is C16H28N2O. The van der Waals surface area contributed by atoms with E-state index in [-0.39, 0.29) is 12.1 Å². The predicted octanol–water partition coefficient (Wildman–Crippen LogP) is 3.28. The zero-order valence-corrected chi connectivity index (χ0v) is 12.6. The number of rotatable bonds is 8. The molecule has 0 aliphatic carbocycles. The lowest BCUT2D eigenvalue weighted by molar-refractivity contribution is 0.0586. The maximum Gasteiger partial charge on any atom is 0.0987 e. The highest BCUT2D eigenvalue weighted by Crippen LogP contribution is 2.26. The minimum atomic E-state index is 0.000752. The van der Waals surface area contributed by atoms with Gasteiger partial charge in [-0.2, -0.15) is 0 Å². The first kappa shape index (κ1) is 16.2. The molecule has 0 spiro atoms. The van der Waals surface area contributed by atoms with Gasteiger partial charge >= 0.3 is 0 Å². The van der Waals surface area contributed by atoms with Crippen LogP contribution in [0.25, 0.3) is 0 Å². The molecule has 0 heterocycles. The maximum atomic E-state index is 5.74. The number of nitrogens with one attached hydrogen (secondary N) is 1. The Morgan fingerprint density at radius 1 is 1.11 bits per heavy atom. The summed E-state index contributed by atoms with van der Waals surface area (Å²) in [5.74, 6) is 7.08. The van der Waals surface area contributed by atoms with E-state index < -0.39 is 0 Å². The van der Waals surface area contributed by atoms with Crippen LogP contribution in [0.4, 0.5) is 0 Å². The Kier molecular flexibility index (Phi) is 7.06. The third kappa shape index (κ3) is 5.31. The number of hydrazine groups is 1. The average molecular weight is 264 g/mol. The van der Waals surface area contributed by atoms with E-state index in [0.717, 1.165) is 6.42 Å². The molecule has 0 fully saturated rings. The molecule has 1 aromatic rings. The molecule has 0 radical (unpaired) electrons. The molecule has 3 unspecified atom stereocenters. The molecule has 0 saturated carbocycles. The van der Waals surface area contributed by atoms with Crippen molar-refractivity contribution in [2.75, 3.05) is 7.11 Å². The summed E-state index contributed by atoms with van der Waals surface area (Å²) in [5.41, 5.74) is 4.10. The van der Waals surface area contributed by atoms with E-state index in [9.17, 15) is 0 Å². The molecular weight excluding hydrogens is 236 g/mol. The van der Waals surface area contributed by atoms with E-state index in [0.29, 0.717) is 11.8 Å². The van der Waals surface area contributed by atoms with E-state index in [2.05, 4.69) is 38.3 Å². The zero-order chi connectivity index (χ0) is 14.3. The van der Waals surface area contributed by atoms with E-state index in [1.807, 2.05) is 18.2 Å². The van der Waals surface area contributed by atoms with Crippen molar-refractivity contribution in [1.82, 2.24) is 5.43 Å². The normalized spacial score (nSPS) is 16.3. The van der Waals surface area contributed by atoms with E-state index in [1.165, 1.54) is 12.0 Å². The Morgan fingerprint density at radius 2 is 1.74 bits per heavy atom. The zero-order valence-electron chi connectivity index (χ0n) is 12.6. The van der Waals surface area contributed by atoms with Crippen molar-refractivity contribution in [2.45, 2.75) is 45.8 Å². The van der Waals surface area contributed by atoms with Gasteiger partial charge in [-0.3, -0.25) is 11.3 Å². The molecule has 19 heavy (non-hydrogen) atoms. The molecule has 1 rings (SSSR count). The molecule has 1 aromatic carbocycles. The second-order valence-corrected chi connectivity index (χ2v) is 5.81. The van der Waals surface area contributed by atoms with Crippen LogP contribution in [0.2, 0.25) is 0 Å². The summed E-state index contributed by atoms with van der Waals surface area (Å²) in [6.45, 7) is 6.79. The van der Waals surface area contributed by atoms with Crippen LogP contribution in [0.1, 0.15) is 45.3 Å². The molecule has 0 aliphatic rings. The lowest BCUT2D eigenvalue weighted by Gasteiger charge is -2.28. The second-order valence-electron chi connectivity index (χ2n) is 5.81. The van der Waals surface area contributed by atoms with E-state index >= 15 is 0 Å². The first-order chi connectivity index (χ1) is 9.08. The topological polar surface area (TPSA) is 47.3 Å². The fourth-order valence-electron chi connectivity index (χ4n) is 2.79. The third-order valence-corrected chi connectivity index (χ3v) is 3.49. The van der Waals surface area contributed by atoms with Gasteiger partial charge in [0.05, 0.1) is 12.1 Å². The van der Waals surface area contributed by atoms with Crippen LogP contribution in [-0.2, 0) is 4.74 Å². The van der Waals surface area contributed by atoms with Gasteiger partial charge in [0.15, 0.2) is 0 Å².